The predicted molar refractivity (Wildman–Crippen MR) is 111 cm³/mol. The van der Waals surface area contributed by atoms with Crippen LogP contribution in [0.2, 0.25) is 0 Å². The molecule has 1 aromatic carbocycles. The van der Waals surface area contributed by atoms with E-state index in [9.17, 15) is 9.65 Å². The topological polar surface area (TPSA) is 101 Å². The van der Waals surface area contributed by atoms with Crippen molar-refractivity contribution in [1.82, 2.24) is 24.3 Å². The summed E-state index contributed by atoms with van der Waals surface area (Å²) in [5.74, 6) is 1.55. The largest absolute Gasteiger partial charge is 0.493 e. The van der Waals surface area contributed by atoms with Gasteiger partial charge in [-0.05, 0) is 26.0 Å². The van der Waals surface area contributed by atoms with Gasteiger partial charge in [-0.25, -0.2) is 24.3 Å². The van der Waals surface area contributed by atoms with E-state index in [2.05, 4.69) is 31.3 Å². The lowest BCUT2D eigenvalue weighted by molar-refractivity contribution is 0.356. The molecular formula is C22H18FN7O. The van der Waals surface area contributed by atoms with Crippen LogP contribution in [0.15, 0.2) is 30.7 Å². The van der Waals surface area contributed by atoms with E-state index < -0.39 is 0 Å². The van der Waals surface area contributed by atoms with Crippen LogP contribution < -0.4 is 10.1 Å². The van der Waals surface area contributed by atoms with Gasteiger partial charge < -0.3 is 10.1 Å². The predicted octanol–water partition coefficient (Wildman–Crippen LogP) is 3.36. The molecule has 0 unspecified atom stereocenters. The number of anilines is 1. The van der Waals surface area contributed by atoms with Gasteiger partial charge in [0, 0.05) is 53.3 Å². The van der Waals surface area contributed by atoms with E-state index in [0.29, 0.717) is 41.6 Å². The highest BCUT2D eigenvalue weighted by Crippen LogP contribution is 2.31. The number of rotatable bonds is 4. The number of nitrogens with one attached hydrogen (secondary N) is 1. The summed E-state index contributed by atoms with van der Waals surface area (Å²) in [6.45, 7) is 4.49. The maximum absolute atomic E-state index is 14.5. The first kappa shape index (κ1) is 18.9. The van der Waals surface area contributed by atoms with Gasteiger partial charge >= 0.3 is 0 Å². The Labute approximate surface area is 177 Å². The first-order chi connectivity index (χ1) is 15.0. The number of benzene rings is 1. The van der Waals surface area contributed by atoms with Gasteiger partial charge in [0.25, 0.3) is 0 Å². The highest BCUT2D eigenvalue weighted by molar-refractivity contribution is 5.79. The SMILES string of the molecule is Cc1ncc(-c2cnc(NCc3c(F)ccc4c3CCO4)n3cc(C#N)nc23)c(C)n1. The number of aromatic nitrogens is 5. The van der Waals surface area contributed by atoms with E-state index in [4.69, 9.17) is 4.74 Å². The van der Waals surface area contributed by atoms with Crippen molar-refractivity contribution in [3.63, 3.8) is 0 Å². The van der Waals surface area contributed by atoms with Crippen molar-refractivity contribution in [3.8, 4) is 22.9 Å². The van der Waals surface area contributed by atoms with Gasteiger partial charge in [0.05, 0.1) is 12.8 Å². The molecule has 9 heteroatoms. The fourth-order valence-electron chi connectivity index (χ4n) is 3.87. The molecule has 4 aromatic rings. The fraction of sp³-hybridized carbons (Fsp3) is 0.227. The van der Waals surface area contributed by atoms with Crippen LogP contribution in [-0.4, -0.2) is 30.9 Å². The van der Waals surface area contributed by atoms with Crippen LogP contribution in [0.4, 0.5) is 10.3 Å². The number of imidazole rings is 1. The number of ether oxygens (including phenoxy) is 1. The van der Waals surface area contributed by atoms with Gasteiger partial charge in [-0.15, -0.1) is 0 Å². The Kier molecular flexibility index (Phi) is 4.47. The molecule has 154 valence electrons. The molecule has 0 saturated heterocycles. The number of nitrogens with zero attached hydrogens (tertiary/aromatic N) is 6. The summed E-state index contributed by atoms with van der Waals surface area (Å²) in [5.41, 5.74) is 4.52. The van der Waals surface area contributed by atoms with Crippen LogP contribution in [0.5, 0.6) is 5.75 Å². The van der Waals surface area contributed by atoms with Crippen molar-refractivity contribution in [1.29, 1.82) is 5.26 Å². The van der Waals surface area contributed by atoms with Crippen molar-refractivity contribution >= 4 is 11.6 Å². The fourth-order valence-corrected chi connectivity index (χ4v) is 3.87. The van der Waals surface area contributed by atoms with Crippen LogP contribution >= 0.6 is 0 Å². The Balaban J connectivity index is 1.56. The van der Waals surface area contributed by atoms with Gasteiger partial charge in [0.15, 0.2) is 11.3 Å². The third-order valence-corrected chi connectivity index (χ3v) is 5.36. The lowest BCUT2D eigenvalue weighted by atomic mass is 10.0. The van der Waals surface area contributed by atoms with Gasteiger partial charge in [-0.3, -0.25) is 4.40 Å². The zero-order chi connectivity index (χ0) is 21.5. The van der Waals surface area contributed by atoms with Gasteiger partial charge in [0.2, 0.25) is 5.95 Å². The van der Waals surface area contributed by atoms with Crippen molar-refractivity contribution in [3.05, 3.63) is 64.9 Å². The Morgan fingerprint density at radius 1 is 1.19 bits per heavy atom. The van der Waals surface area contributed by atoms with E-state index in [1.165, 1.54) is 6.07 Å². The summed E-state index contributed by atoms with van der Waals surface area (Å²) in [6, 6.07) is 5.14. The number of halogens is 1. The lowest BCUT2D eigenvalue weighted by Crippen LogP contribution is -2.10. The molecule has 5 rings (SSSR count). The molecule has 8 nitrogen and oxygen atoms in total. The van der Waals surface area contributed by atoms with Crippen molar-refractivity contribution < 1.29 is 9.13 Å². The van der Waals surface area contributed by atoms with Crippen LogP contribution in [0.1, 0.15) is 28.3 Å². The van der Waals surface area contributed by atoms with Crippen LogP contribution in [0.3, 0.4) is 0 Å². The van der Waals surface area contributed by atoms with Gasteiger partial charge in [0.1, 0.15) is 23.5 Å². The minimum atomic E-state index is -0.291. The van der Waals surface area contributed by atoms with Crippen molar-refractivity contribution in [2.45, 2.75) is 26.8 Å². The summed E-state index contributed by atoms with van der Waals surface area (Å²) in [6.07, 6.45) is 5.67. The molecule has 1 aliphatic heterocycles. The third kappa shape index (κ3) is 3.22. The highest BCUT2D eigenvalue weighted by atomic mass is 19.1. The average Bonchev–Trinajstić information content (AvgIpc) is 3.40. The molecule has 1 aliphatic rings. The number of hydrogen-bond donors (Lipinski definition) is 1. The number of aryl methyl sites for hydroxylation is 2. The number of fused-ring (bicyclic) bond motifs is 2. The molecule has 0 atom stereocenters. The second kappa shape index (κ2) is 7.32. The Morgan fingerprint density at radius 2 is 2.03 bits per heavy atom. The first-order valence-corrected chi connectivity index (χ1v) is 9.81. The molecule has 0 aliphatic carbocycles. The van der Waals surface area contributed by atoms with Gasteiger partial charge in [-0.1, -0.05) is 0 Å². The van der Waals surface area contributed by atoms with E-state index in [-0.39, 0.29) is 18.1 Å². The number of nitriles is 1. The molecule has 0 amide bonds. The summed E-state index contributed by atoms with van der Waals surface area (Å²) >= 11 is 0. The zero-order valence-electron chi connectivity index (χ0n) is 17.0. The monoisotopic (exact) mass is 415 g/mol. The molecular weight excluding hydrogens is 397 g/mol. The molecule has 0 fully saturated rings. The van der Waals surface area contributed by atoms with E-state index >= 15 is 0 Å². The standard InChI is InChI=1S/C22H18FN7O/c1-12-16(8-25-13(2)28-12)18-10-27-22(30-11-14(7-24)29-21(18)30)26-9-17-15-5-6-31-20(15)4-3-19(17)23/h3-4,8,10-11H,5-6,9H2,1-2H3,(H,26,27). The molecule has 0 radical (unpaired) electrons. The minimum Gasteiger partial charge on any atom is -0.493 e. The number of hydrogen-bond acceptors (Lipinski definition) is 7. The maximum Gasteiger partial charge on any atom is 0.208 e. The van der Waals surface area contributed by atoms with Crippen LogP contribution in [0, 0.1) is 31.0 Å². The lowest BCUT2D eigenvalue weighted by Gasteiger charge is -2.13. The second-order valence-corrected chi connectivity index (χ2v) is 7.30. The Hall–Kier alpha value is -4.06. The summed E-state index contributed by atoms with van der Waals surface area (Å²) in [4.78, 5) is 17.7. The van der Waals surface area contributed by atoms with E-state index in [0.717, 1.165) is 22.6 Å². The normalized spacial score (nSPS) is 12.5. The summed E-state index contributed by atoms with van der Waals surface area (Å²) in [5, 5.41) is 12.6. The molecule has 0 spiro atoms. The zero-order valence-corrected chi connectivity index (χ0v) is 17.0. The minimum absolute atomic E-state index is 0.229. The Bertz CT molecular complexity index is 1370. The van der Waals surface area contributed by atoms with Crippen LogP contribution in [0.25, 0.3) is 16.8 Å². The Morgan fingerprint density at radius 3 is 2.84 bits per heavy atom. The molecule has 1 N–H and O–H groups in total. The van der Waals surface area contributed by atoms with Crippen molar-refractivity contribution in [2.24, 2.45) is 0 Å². The molecule has 4 heterocycles. The molecule has 3 aromatic heterocycles. The van der Waals surface area contributed by atoms with E-state index in [1.807, 2.05) is 13.8 Å². The second-order valence-electron chi connectivity index (χ2n) is 7.30. The molecule has 0 saturated carbocycles. The summed E-state index contributed by atoms with van der Waals surface area (Å²) < 4.78 is 21.7. The maximum atomic E-state index is 14.5. The van der Waals surface area contributed by atoms with Gasteiger partial charge in [-0.2, -0.15) is 5.26 Å². The summed E-state index contributed by atoms with van der Waals surface area (Å²) in [7, 11) is 0. The van der Waals surface area contributed by atoms with E-state index in [1.54, 1.807) is 29.1 Å². The quantitative estimate of drug-likeness (QED) is 0.545. The van der Waals surface area contributed by atoms with Crippen molar-refractivity contribution in [2.75, 3.05) is 11.9 Å². The highest BCUT2D eigenvalue weighted by Gasteiger charge is 2.20. The third-order valence-electron chi connectivity index (χ3n) is 5.36. The average molecular weight is 415 g/mol. The molecule has 31 heavy (non-hydrogen) atoms. The van der Waals surface area contributed by atoms with Crippen LogP contribution in [-0.2, 0) is 13.0 Å². The molecule has 0 bridgehead atoms. The smallest absolute Gasteiger partial charge is 0.208 e. The first-order valence-electron chi connectivity index (χ1n) is 9.81.